The number of imidazole rings is 1. The number of hydrogen-bond donors (Lipinski definition) is 2. The summed E-state index contributed by atoms with van der Waals surface area (Å²) in [5, 5.41) is 7.16. The molecule has 0 aliphatic rings. The molecular weight excluding hydrogens is 290 g/mol. The normalized spacial score (nSPS) is 13.8. The van der Waals surface area contributed by atoms with Gasteiger partial charge in [0.05, 0.1) is 17.1 Å². The highest BCUT2D eigenvalue weighted by molar-refractivity contribution is 5.77. The Labute approximate surface area is 134 Å². The van der Waals surface area contributed by atoms with Gasteiger partial charge in [0.2, 0.25) is 5.91 Å². The van der Waals surface area contributed by atoms with Gasteiger partial charge in [-0.2, -0.15) is 5.10 Å². The largest absolute Gasteiger partial charge is 0.344 e. The highest BCUT2D eigenvalue weighted by Crippen LogP contribution is 2.24. The van der Waals surface area contributed by atoms with Gasteiger partial charge >= 0.3 is 0 Å². The van der Waals surface area contributed by atoms with Crippen molar-refractivity contribution in [1.29, 1.82) is 0 Å². The van der Waals surface area contributed by atoms with Crippen LogP contribution in [0.15, 0.2) is 42.7 Å². The smallest absolute Gasteiger partial charge is 0.242 e. The van der Waals surface area contributed by atoms with Crippen molar-refractivity contribution in [3.8, 4) is 0 Å². The lowest BCUT2D eigenvalue weighted by molar-refractivity contribution is -0.123. The molecule has 6 nitrogen and oxygen atoms in total. The summed E-state index contributed by atoms with van der Waals surface area (Å²) in [5.74, 6) is 1.01. The van der Waals surface area contributed by atoms with Crippen molar-refractivity contribution in [2.45, 2.75) is 32.9 Å². The Kier molecular flexibility index (Phi) is 4.41. The lowest BCUT2D eigenvalue weighted by Gasteiger charge is -2.22. The van der Waals surface area contributed by atoms with E-state index in [4.69, 9.17) is 0 Å². The van der Waals surface area contributed by atoms with Gasteiger partial charge in [0.15, 0.2) is 0 Å². The Bertz CT molecular complexity index is 744. The molecule has 2 N–H and O–H groups in total. The Hall–Kier alpha value is -2.63. The van der Waals surface area contributed by atoms with E-state index in [0.717, 1.165) is 23.3 Å². The fraction of sp³-hybridized carbons (Fsp3) is 0.353. The van der Waals surface area contributed by atoms with E-state index >= 15 is 0 Å². The van der Waals surface area contributed by atoms with Crippen molar-refractivity contribution in [1.82, 2.24) is 25.1 Å². The molecule has 2 heterocycles. The van der Waals surface area contributed by atoms with Crippen LogP contribution in [0.4, 0.5) is 0 Å². The number of hydrogen-bond acceptors (Lipinski definition) is 3. The van der Waals surface area contributed by atoms with E-state index in [-0.39, 0.29) is 24.4 Å². The predicted octanol–water partition coefficient (Wildman–Crippen LogP) is 2.66. The molecule has 6 heteroatoms. The minimum Gasteiger partial charge on any atom is -0.344 e. The highest BCUT2D eigenvalue weighted by Gasteiger charge is 2.23. The number of benzene rings is 1. The van der Waals surface area contributed by atoms with Crippen LogP contribution in [0.5, 0.6) is 0 Å². The Morgan fingerprint density at radius 1 is 1.35 bits per heavy atom. The number of carbonyl (C=O) groups excluding carboxylic acids is 1. The number of amides is 1. The zero-order valence-electron chi connectivity index (χ0n) is 13.4. The third-order valence-corrected chi connectivity index (χ3v) is 4.10. The first-order valence-corrected chi connectivity index (χ1v) is 7.88. The van der Waals surface area contributed by atoms with Crippen LogP contribution in [0, 0.1) is 5.92 Å². The van der Waals surface area contributed by atoms with E-state index in [2.05, 4.69) is 34.2 Å². The van der Waals surface area contributed by atoms with E-state index < -0.39 is 0 Å². The van der Waals surface area contributed by atoms with Crippen LogP contribution < -0.4 is 5.32 Å². The number of aromatic amines is 1. The average Bonchev–Trinajstić information content (AvgIpc) is 3.20. The van der Waals surface area contributed by atoms with E-state index in [0.29, 0.717) is 0 Å². The first kappa shape index (κ1) is 15.3. The summed E-state index contributed by atoms with van der Waals surface area (Å²) < 4.78 is 1.61. The topological polar surface area (TPSA) is 75.6 Å². The molecule has 0 spiro atoms. The number of fused-ring (bicyclic) bond motifs is 1. The first-order chi connectivity index (χ1) is 11.2. The Morgan fingerprint density at radius 3 is 2.87 bits per heavy atom. The van der Waals surface area contributed by atoms with Crippen molar-refractivity contribution in [2.24, 2.45) is 5.92 Å². The van der Waals surface area contributed by atoms with E-state index in [1.54, 1.807) is 23.1 Å². The molecule has 0 radical (unpaired) electrons. The zero-order chi connectivity index (χ0) is 16.2. The number of nitrogens with one attached hydrogen (secondary N) is 2. The molecule has 0 bridgehead atoms. The van der Waals surface area contributed by atoms with Gasteiger partial charge in [-0.25, -0.2) is 4.98 Å². The fourth-order valence-corrected chi connectivity index (χ4v) is 2.60. The highest BCUT2D eigenvalue weighted by atomic mass is 16.2. The van der Waals surface area contributed by atoms with Gasteiger partial charge in [-0.3, -0.25) is 9.48 Å². The van der Waals surface area contributed by atoms with Crippen LogP contribution in [0.1, 0.15) is 32.1 Å². The third-order valence-electron chi connectivity index (χ3n) is 4.10. The summed E-state index contributed by atoms with van der Waals surface area (Å²) in [5.41, 5.74) is 1.90. The molecule has 0 aliphatic carbocycles. The quantitative estimate of drug-likeness (QED) is 0.735. The van der Waals surface area contributed by atoms with Gasteiger partial charge in [0.1, 0.15) is 12.4 Å². The monoisotopic (exact) mass is 311 g/mol. The number of H-pyrrole nitrogens is 1. The van der Waals surface area contributed by atoms with Crippen LogP contribution in [0.3, 0.4) is 0 Å². The average molecular weight is 311 g/mol. The maximum atomic E-state index is 12.3. The minimum absolute atomic E-state index is 0.0699. The van der Waals surface area contributed by atoms with Crippen LogP contribution in [0.2, 0.25) is 0 Å². The fourth-order valence-electron chi connectivity index (χ4n) is 2.60. The standard InChI is InChI=1S/C17H21N5O/c1-3-12(2)16(21-15(23)11-22-10-6-9-18-22)17-19-13-7-4-5-8-14(13)20-17/h4-10,12,16H,3,11H2,1-2H3,(H,19,20)(H,21,23)/t12-,16+/m1/s1. The van der Waals surface area contributed by atoms with Gasteiger partial charge < -0.3 is 10.3 Å². The molecule has 0 saturated carbocycles. The molecule has 2 atom stereocenters. The van der Waals surface area contributed by atoms with Crippen molar-refractivity contribution in [3.63, 3.8) is 0 Å². The third kappa shape index (κ3) is 3.41. The van der Waals surface area contributed by atoms with Gasteiger partial charge in [0, 0.05) is 12.4 Å². The first-order valence-electron chi connectivity index (χ1n) is 7.88. The molecule has 3 rings (SSSR count). The maximum absolute atomic E-state index is 12.3. The SMILES string of the molecule is CC[C@@H](C)[C@H](NC(=O)Cn1cccn1)c1nc2ccccc2[nH]1. The summed E-state index contributed by atoms with van der Waals surface area (Å²) in [4.78, 5) is 20.3. The lowest BCUT2D eigenvalue weighted by atomic mass is 9.98. The van der Waals surface area contributed by atoms with Gasteiger partial charge in [-0.15, -0.1) is 0 Å². The lowest BCUT2D eigenvalue weighted by Crippen LogP contribution is -2.35. The summed E-state index contributed by atoms with van der Waals surface area (Å²) in [6.07, 6.45) is 4.39. The zero-order valence-corrected chi connectivity index (χ0v) is 13.4. The number of rotatable bonds is 6. The second kappa shape index (κ2) is 6.64. The van der Waals surface area contributed by atoms with E-state index in [1.807, 2.05) is 24.3 Å². The van der Waals surface area contributed by atoms with Gasteiger partial charge in [0.25, 0.3) is 0 Å². The molecule has 0 fully saturated rings. The number of nitrogens with zero attached hydrogens (tertiary/aromatic N) is 3. The summed E-state index contributed by atoms with van der Waals surface area (Å²) in [6.45, 7) is 4.44. The second-order valence-electron chi connectivity index (χ2n) is 5.77. The van der Waals surface area contributed by atoms with Crippen LogP contribution in [-0.2, 0) is 11.3 Å². The van der Waals surface area contributed by atoms with Gasteiger partial charge in [-0.1, -0.05) is 32.4 Å². The van der Waals surface area contributed by atoms with Crippen LogP contribution in [-0.4, -0.2) is 25.7 Å². The Balaban J connectivity index is 1.81. The number of aromatic nitrogens is 4. The van der Waals surface area contributed by atoms with Gasteiger partial charge in [-0.05, 0) is 24.1 Å². The molecular formula is C17H21N5O. The van der Waals surface area contributed by atoms with E-state index in [9.17, 15) is 4.79 Å². The minimum atomic E-state index is -0.143. The molecule has 0 unspecified atom stereocenters. The second-order valence-corrected chi connectivity index (χ2v) is 5.77. The molecule has 23 heavy (non-hydrogen) atoms. The summed E-state index contributed by atoms with van der Waals surface area (Å²) in [6, 6.07) is 9.55. The van der Waals surface area contributed by atoms with E-state index in [1.165, 1.54) is 0 Å². The molecule has 3 aromatic rings. The number of carbonyl (C=O) groups is 1. The molecule has 1 amide bonds. The molecule has 0 saturated heterocycles. The number of para-hydroxylation sites is 2. The molecule has 1 aromatic carbocycles. The maximum Gasteiger partial charge on any atom is 0.242 e. The molecule has 0 aliphatic heterocycles. The van der Waals surface area contributed by atoms with Crippen molar-refractivity contribution < 1.29 is 4.79 Å². The van der Waals surface area contributed by atoms with Crippen molar-refractivity contribution >= 4 is 16.9 Å². The Morgan fingerprint density at radius 2 is 2.17 bits per heavy atom. The van der Waals surface area contributed by atoms with Crippen molar-refractivity contribution in [2.75, 3.05) is 0 Å². The molecule has 120 valence electrons. The van der Waals surface area contributed by atoms with Crippen LogP contribution in [0.25, 0.3) is 11.0 Å². The van der Waals surface area contributed by atoms with Crippen LogP contribution >= 0.6 is 0 Å². The summed E-state index contributed by atoms with van der Waals surface area (Å²) in [7, 11) is 0. The summed E-state index contributed by atoms with van der Waals surface area (Å²) >= 11 is 0. The predicted molar refractivity (Wildman–Crippen MR) is 88.7 cm³/mol. The molecule has 2 aromatic heterocycles. The van der Waals surface area contributed by atoms with Crippen molar-refractivity contribution in [3.05, 3.63) is 48.5 Å².